The van der Waals surface area contributed by atoms with Gasteiger partial charge in [-0.1, -0.05) is 22.9 Å². The van der Waals surface area contributed by atoms with Gasteiger partial charge in [0.05, 0.1) is 0 Å². The van der Waals surface area contributed by atoms with Gasteiger partial charge in [0.2, 0.25) is 5.91 Å². The van der Waals surface area contributed by atoms with Gasteiger partial charge in [0, 0.05) is 16.6 Å². The Morgan fingerprint density at radius 1 is 1.71 bits per heavy atom. The third-order valence-corrected chi connectivity index (χ3v) is 2.91. The number of amides is 1. The van der Waals surface area contributed by atoms with Crippen LogP contribution in [-0.2, 0) is 4.79 Å². The van der Waals surface area contributed by atoms with Crippen molar-refractivity contribution in [2.24, 2.45) is 11.8 Å². The van der Waals surface area contributed by atoms with Crippen LogP contribution in [0.1, 0.15) is 13.3 Å². The number of anilines is 1. The van der Waals surface area contributed by atoms with Gasteiger partial charge >= 0.3 is 0 Å². The SMILES string of the molecule is C[C@@H]1C[C@H]1C(=O)Nc1cc(Br)ccn1. The van der Waals surface area contributed by atoms with E-state index < -0.39 is 0 Å². The van der Waals surface area contributed by atoms with Crippen LogP contribution in [0, 0.1) is 11.8 Å². The lowest BCUT2D eigenvalue weighted by atomic mass is 10.3. The fraction of sp³-hybridized carbons (Fsp3) is 0.400. The minimum atomic E-state index is 0.0862. The minimum Gasteiger partial charge on any atom is -0.310 e. The van der Waals surface area contributed by atoms with E-state index in [1.807, 2.05) is 6.07 Å². The van der Waals surface area contributed by atoms with Gasteiger partial charge in [-0.3, -0.25) is 4.79 Å². The molecule has 3 nitrogen and oxygen atoms in total. The largest absolute Gasteiger partial charge is 0.310 e. The molecule has 2 atom stereocenters. The molecule has 1 fully saturated rings. The molecule has 1 aromatic heterocycles. The molecular weight excluding hydrogens is 244 g/mol. The van der Waals surface area contributed by atoms with Crippen LogP contribution in [0.3, 0.4) is 0 Å². The van der Waals surface area contributed by atoms with E-state index in [-0.39, 0.29) is 11.8 Å². The Hall–Kier alpha value is -0.900. The Bertz CT molecular complexity index is 367. The number of carbonyl (C=O) groups excluding carboxylic acids is 1. The quantitative estimate of drug-likeness (QED) is 0.881. The molecule has 0 saturated heterocycles. The number of carbonyl (C=O) groups is 1. The lowest BCUT2D eigenvalue weighted by molar-refractivity contribution is -0.117. The smallest absolute Gasteiger partial charge is 0.228 e. The van der Waals surface area contributed by atoms with Crippen molar-refractivity contribution in [1.29, 1.82) is 0 Å². The summed E-state index contributed by atoms with van der Waals surface area (Å²) in [5.74, 6) is 1.42. The molecule has 1 aliphatic carbocycles. The third-order valence-electron chi connectivity index (χ3n) is 2.42. The van der Waals surface area contributed by atoms with Gasteiger partial charge in [0.15, 0.2) is 0 Å². The molecule has 0 bridgehead atoms. The van der Waals surface area contributed by atoms with E-state index in [1.165, 1.54) is 0 Å². The Balaban J connectivity index is 2.00. The topological polar surface area (TPSA) is 42.0 Å². The van der Waals surface area contributed by atoms with Gasteiger partial charge < -0.3 is 5.32 Å². The predicted molar refractivity (Wildman–Crippen MR) is 57.8 cm³/mol. The molecule has 0 aromatic carbocycles. The number of hydrogen-bond acceptors (Lipinski definition) is 2. The first-order valence-corrected chi connectivity index (χ1v) is 5.38. The summed E-state index contributed by atoms with van der Waals surface area (Å²) in [4.78, 5) is 15.6. The molecule has 0 spiro atoms. The zero-order chi connectivity index (χ0) is 10.1. The Morgan fingerprint density at radius 2 is 2.43 bits per heavy atom. The molecule has 14 heavy (non-hydrogen) atoms. The first-order chi connectivity index (χ1) is 6.66. The van der Waals surface area contributed by atoms with Crippen LogP contribution < -0.4 is 5.32 Å². The number of hydrogen-bond donors (Lipinski definition) is 1. The molecule has 1 aliphatic rings. The van der Waals surface area contributed by atoms with E-state index in [4.69, 9.17) is 0 Å². The molecule has 1 amide bonds. The maximum atomic E-state index is 11.5. The summed E-state index contributed by atoms with van der Waals surface area (Å²) in [5.41, 5.74) is 0. The molecule has 1 heterocycles. The van der Waals surface area contributed by atoms with Crippen molar-refractivity contribution in [3.8, 4) is 0 Å². The van der Waals surface area contributed by atoms with E-state index in [0.29, 0.717) is 11.7 Å². The summed E-state index contributed by atoms with van der Waals surface area (Å²) in [7, 11) is 0. The highest BCUT2D eigenvalue weighted by molar-refractivity contribution is 9.10. The fourth-order valence-corrected chi connectivity index (χ4v) is 1.71. The molecule has 1 N–H and O–H groups in total. The van der Waals surface area contributed by atoms with Gasteiger partial charge in [-0.2, -0.15) is 0 Å². The first kappa shape index (κ1) is 9.65. The van der Waals surface area contributed by atoms with Crippen LogP contribution in [-0.4, -0.2) is 10.9 Å². The average molecular weight is 255 g/mol. The molecule has 1 saturated carbocycles. The van der Waals surface area contributed by atoms with Crippen molar-refractivity contribution in [3.63, 3.8) is 0 Å². The van der Waals surface area contributed by atoms with E-state index in [0.717, 1.165) is 10.9 Å². The lowest BCUT2D eigenvalue weighted by Gasteiger charge is -2.02. The van der Waals surface area contributed by atoms with Crippen LogP contribution in [0.4, 0.5) is 5.82 Å². The normalized spacial score (nSPS) is 24.4. The number of nitrogens with zero attached hydrogens (tertiary/aromatic N) is 1. The fourth-order valence-electron chi connectivity index (χ4n) is 1.38. The zero-order valence-electron chi connectivity index (χ0n) is 7.83. The second kappa shape index (κ2) is 3.69. The number of rotatable bonds is 2. The molecule has 0 aliphatic heterocycles. The number of nitrogens with one attached hydrogen (secondary N) is 1. The summed E-state index contributed by atoms with van der Waals surface area (Å²) in [5, 5.41) is 2.80. The molecular formula is C10H11BrN2O. The highest BCUT2D eigenvalue weighted by Crippen LogP contribution is 2.38. The molecule has 0 unspecified atom stereocenters. The number of halogens is 1. The lowest BCUT2D eigenvalue weighted by Crippen LogP contribution is -2.15. The van der Waals surface area contributed by atoms with Gasteiger partial charge in [0.1, 0.15) is 5.82 Å². The summed E-state index contributed by atoms with van der Waals surface area (Å²) in [6.07, 6.45) is 2.66. The van der Waals surface area contributed by atoms with Crippen molar-refractivity contribution in [1.82, 2.24) is 4.98 Å². The van der Waals surface area contributed by atoms with E-state index in [2.05, 4.69) is 33.2 Å². The summed E-state index contributed by atoms with van der Waals surface area (Å²) in [6, 6.07) is 3.63. The second-order valence-corrected chi connectivity index (χ2v) is 4.58. The summed E-state index contributed by atoms with van der Waals surface area (Å²) < 4.78 is 0.923. The maximum absolute atomic E-state index is 11.5. The van der Waals surface area contributed by atoms with Gasteiger partial charge in [-0.05, 0) is 24.5 Å². The molecule has 0 radical (unpaired) electrons. The minimum absolute atomic E-state index is 0.0862. The van der Waals surface area contributed by atoms with Gasteiger partial charge in [-0.25, -0.2) is 4.98 Å². The van der Waals surface area contributed by atoms with Gasteiger partial charge in [0.25, 0.3) is 0 Å². The standard InChI is InChI=1S/C10H11BrN2O/c1-6-4-8(6)10(14)13-9-5-7(11)2-3-12-9/h2-3,5-6,8H,4H2,1H3,(H,12,13,14)/t6-,8-/m1/s1. The summed E-state index contributed by atoms with van der Waals surface area (Å²) in [6.45, 7) is 2.08. The van der Waals surface area contributed by atoms with Crippen molar-refractivity contribution < 1.29 is 4.79 Å². The second-order valence-electron chi connectivity index (χ2n) is 3.67. The molecule has 1 aromatic rings. The zero-order valence-corrected chi connectivity index (χ0v) is 9.41. The Labute approximate surface area is 91.0 Å². The van der Waals surface area contributed by atoms with Crippen LogP contribution in [0.15, 0.2) is 22.8 Å². The van der Waals surface area contributed by atoms with Crippen LogP contribution in [0.2, 0.25) is 0 Å². The van der Waals surface area contributed by atoms with E-state index in [1.54, 1.807) is 12.3 Å². The van der Waals surface area contributed by atoms with Crippen molar-refractivity contribution >= 4 is 27.7 Å². The van der Waals surface area contributed by atoms with Gasteiger partial charge in [-0.15, -0.1) is 0 Å². The predicted octanol–water partition coefficient (Wildman–Crippen LogP) is 2.44. The highest BCUT2D eigenvalue weighted by atomic mass is 79.9. The molecule has 74 valence electrons. The van der Waals surface area contributed by atoms with Crippen LogP contribution >= 0.6 is 15.9 Å². The van der Waals surface area contributed by atoms with Crippen LogP contribution in [0.25, 0.3) is 0 Å². The van der Waals surface area contributed by atoms with E-state index in [9.17, 15) is 4.79 Å². The highest BCUT2D eigenvalue weighted by Gasteiger charge is 2.39. The van der Waals surface area contributed by atoms with Crippen molar-refractivity contribution in [3.05, 3.63) is 22.8 Å². The average Bonchev–Trinajstić information content (AvgIpc) is 2.82. The maximum Gasteiger partial charge on any atom is 0.228 e. The Morgan fingerprint density at radius 3 is 3.00 bits per heavy atom. The summed E-state index contributed by atoms with van der Waals surface area (Å²) >= 11 is 3.33. The third kappa shape index (κ3) is 2.12. The van der Waals surface area contributed by atoms with E-state index >= 15 is 0 Å². The Kier molecular flexibility index (Phi) is 2.54. The molecule has 4 heteroatoms. The molecule has 2 rings (SSSR count). The first-order valence-electron chi connectivity index (χ1n) is 4.59. The number of pyridine rings is 1. The van der Waals surface area contributed by atoms with Crippen molar-refractivity contribution in [2.45, 2.75) is 13.3 Å². The van der Waals surface area contributed by atoms with Crippen molar-refractivity contribution in [2.75, 3.05) is 5.32 Å². The number of aromatic nitrogens is 1. The monoisotopic (exact) mass is 254 g/mol. The van der Waals surface area contributed by atoms with Crippen LogP contribution in [0.5, 0.6) is 0 Å².